The molecule has 6 heteroatoms. The highest BCUT2D eigenvalue weighted by Gasteiger charge is 2.14. The number of non-ortho nitro benzene ring substituents is 1. The highest BCUT2D eigenvalue weighted by Crippen LogP contribution is 2.32. The molecule has 0 heterocycles. The lowest BCUT2D eigenvalue weighted by molar-refractivity contribution is -0.384. The molecule has 0 fully saturated rings. The Morgan fingerprint density at radius 2 is 2.00 bits per heavy atom. The van der Waals surface area contributed by atoms with E-state index in [2.05, 4.69) is 5.32 Å². The number of rotatable bonds is 4. The maximum absolute atomic E-state index is 10.7. The molecule has 21 heavy (non-hydrogen) atoms. The maximum Gasteiger partial charge on any atom is 0.271 e. The van der Waals surface area contributed by atoms with E-state index in [9.17, 15) is 15.2 Å². The SMILES string of the molecule is Cc1ccc(C(C)Nc2ccc([N+](=O)[O-])cc2Cl)c(O)c1. The zero-order valence-corrected chi connectivity index (χ0v) is 12.4. The smallest absolute Gasteiger partial charge is 0.271 e. The lowest BCUT2D eigenvalue weighted by Crippen LogP contribution is -2.07. The first-order valence-electron chi connectivity index (χ1n) is 6.38. The number of phenolic OH excluding ortho intramolecular Hbond substituents is 1. The molecule has 1 atom stereocenters. The van der Waals surface area contributed by atoms with Crippen molar-refractivity contribution in [3.8, 4) is 5.75 Å². The number of nitro groups is 1. The molecule has 0 saturated carbocycles. The molecule has 2 aromatic carbocycles. The Balaban J connectivity index is 2.23. The van der Waals surface area contributed by atoms with Crippen LogP contribution in [0, 0.1) is 17.0 Å². The van der Waals surface area contributed by atoms with E-state index in [1.165, 1.54) is 12.1 Å². The van der Waals surface area contributed by atoms with Crippen LogP contribution in [0.3, 0.4) is 0 Å². The quantitative estimate of drug-likeness (QED) is 0.647. The van der Waals surface area contributed by atoms with Crippen molar-refractivity contribution in [3.63, 3.8) is 0 Å². The van der Waals surface area contributed by atoms with Crippen molar-refractivity contribution < 1.29 is 10.0 Å². The number of hydrogen-bond acceptors (Lipinski definition) is 4. The highest BCUT2D eigenvalue weighted by atomic mass is 35.5. The molecule has 0 aliphatic rings. The molecule has 0 bridgehead atoms. The molecule has 110 valence electrons. The largest absolute Gasteiger partial charge is 0.508 e. The van der Waals surface area contributed by atoms with Crippen molar-refractivity contribution in [1.29, 1.82) is 0 Å². The number of nitrogens with zero attached hydrogens (tertiary/aromatic N) is 1. The third-order valence-electron chi connectivity index (χ3n) is 3.19. The van der Waals surface area contributed by atoms with Crippen molar-refractivity contribution >= 4 is 23.0 Å². The molecule has 2 aromatic rings. The van der Waals surface area contributed by atoms with Crippen LogP contribution in [0.5, 0.6) is 5.75 Å². The van der Waals surface area contributed by atoms with Gasteiger partial charge in [0.2, 0.25) is 0 Å². The predicted octanol–water partition coefficient (Wildman–Crippen LogP) is 4.44. The van der Waals surface area contributed by atoms with Gasteiger partial charge in [-0.1, -0.05) is 23.7 Å². The Morgan fingerprint density at radius 1 is 1.29 bits per heavy atom. The zero-order valence-electron chi connectivity index (χ0n) is 11.6. The van der Waals surface area contributed by atoms with Gasteiger partial charge >= 0.3 is 0 Å². The second kappa shape index (κ2) is 6.01. The number of nitro benzene ring substituents is 1. The van der Waals surface area contributed by atoms with Gasteiger partial charge in [-0.3, -0.25) is 10.1 Å². The topological polar surface area (TPSA) is 75.4 Å². The summed E-state index contributed by atoms with van der Waals surface area (Å²) in [7, 11) is 0. The number of halogens is 1. The molecule has 0 aliphatic carbocycles. The molecule has 2 rings (SSSR count). The van der Waals surface area contributed by atoms with Crippen LogP contribution in [0.1, 0.15) is 24.1 Å². The fourth-order valence-corrected chi connectivity index (χ4v) is 2.29. The molecular weight excluding hydrogens is 292 g/mol. The van der Waals surface area contributed by atoms with Crippen LogP contribution < -0.4 is 5.32 Å². The average Bonchev–Trinajstić information content (AvgIpc) is 2.40. The van der Waals surface area contributed by atoms with Gasteiger partial charge in [0.05, 0.1) is 21.7 Å². The molecule has 5 nitrogen and oxygen atoms in total. The van der Waals surface area contributed by atoms with Crippen LogP contribution >= 0.6 is 11.6 Å². The maximum atomic E-state index is 10.7. The molecular formula is C15H15ClN2O3. The van der Waals surface area contributed by atoms with E-state index < -0.39 is 4.92 Å². The van der Waals surface area contributed by atoms with Crippen LogP contribution in [0.25, 0.3) is 0 Å². The summed E-state index contributed by atoms with van der Waals surface area (Å²) in [4.78, 5) is 10.2. The monoisotopic (exact) mass is 306 g/mol. The van der Waals surface area contributed by atoms with E-state index in [0.29, 0.717) is 5.69 Å². The summed E-state index contributed by atoms with van der Waals surface area (Å²) in [5.74, 6) is 0.202. The average molecular weight is 307 g/mol. The van der Waals surface area contributed by atoms with Crippen molar-refractivity contribution in [2.75, 3.05) is 5.32 Å². The number of aromatic hydroxyl groups is 1. The third kappa shape index (κ3) is 3.44. The van der Waals surface area contributed by atoms with Crippen LogP contribution in [-0.4, -0.2) is 10.0 Å². The molecule has 0 aliphatic heterocycles. The van der Waals surface area contributed by atoms with E-state index in [-0.39, 0.29) is 22.5 Å². The van der Waals surface area contributed by atoms with Crippen LogP contribution in [-0.2, 0) is 0 Å². The first kappa shape index (κ1) is 15.1. The number of phenols is 1. The standard InChI is InChI=1S/C15H15ClN2O3/c1-9-3-5-12(15(19)7-9)10(2)17-14-6-4-11(18(20)21)8-13(14)16/h3-8,10,17,19H,1-2H3. The van der Waals surface area contributed by atoms with Crippen LogP contribution in [0.4, 0.5) is 11.4 Å². The van der Waals surface area contributed by atoms with E-state index >= 15 is 0 Å². The van der Waals surface area contributed by atoms with Crippen molar-refractivity contribution in [2.45, 2.75) is 19.9 Å². The summed E-state index contributed by atoms with van der Waals surface area (Å²) in [5.41, 5.74) is 2.22. The third-order valence-corrected chi connectivity index (χ3v) is 3.50. The minimum absolute atomic E-state index is 0.0589. The zero-order chi connectivity index (χ0) is 15.6. The summed E-state index contributed by atoms with van der Waals surface area (Å²) in [6.07, 6.45) is 0. The Bertz CT molecular complexity index is 689. The van der Waals surface area contributed by atoms with Crippen LogP contribution in [0.15, 0.2) is 36.4 Å². The van der Waals surface area contributed by atoms with E-state index in [4.69, 9.17) is 11.6 Å². The summed E-state index contributed by atoms with van der Waals surface area (Å²) in [6, 6.07) is 9.48. The second-order valence-corrected chi connectivity index (χ2v) is 5.26. The number of anilines is 1. The van der Waals surface area contributed by atoms with Crippen LogP contribution in [0.2, 0.25) is 5.02 Å². The Hall–Kier alpha value is -2.27. The molecule has 1 unspecified atom stereocenters. The molecule has 0 aromatic heterocycles. The van der Waals surface area contributed by atoms with E-state index in [0.717, 1.165) is 11.1 Å². The summed E-state index contributed by atoms with van der Waals surface area (Å²) in [5, 5.41) is 24.0. The number of hydrogen-bond donors (Lipinski definition) is 2. The minimum atomic E-state index is -0.495. The van der Waals surface area contributed by atoms with Gasteiger partial charge in [0, 0.05) is 17.7 Å². The van der Waals surface area contributed by atoms with Gasteiger partial charge in [-0.15, -0.1) is 0 Å². The first-order valence-corrected chi connectivity index (χ1v) is 6.76. The van der Waals surface area contributed by atoms with Crippen molar-refractivity contribution in [3.05, 3.63) is 62.7 Å². The molecule has 0 radical (unpaired) electrons. The van der Waals surface area contributed by atoms with Crippen molar-refractivity contribution in [2.24, 2.45) is 0 Å². The lowest BCUT2D eigenvalue weighted by Gasteiger charge is -2.18. The Labute approximate surface area is 127 Å². The van der Waals surface area contributed by atoms with E-state index in [1.54, 1.807) is 12.1 Å². The van der Waals surface area contributed by atoms with Gasteiger partial charge in [0.1, 0.15) is 5.75 Å². The van der Waals surface area contributed by atoms with Gasteiger partial charge < -0.3 is 10.4 Å². The molecule has 2 N–H and O–H groups in total. The molecule has 0 amide bonds. The van der Waals surface area contributed by atoms with E-state index in [1.807, 2.05) is 26.0 Å². The fraction of sp³-hybridized carbons (Fsp3) is 0.200. The van der Waals surface area contributed by atoms with Gasteiger partial charge in [0.15, 0.2) is 0 Å². The summed E-state index contributed by atoms with van der Waals surface area (Å²) < 4.78 is 0. The fourth-order valence-electron chi connectivity index (χ4n) is 2.07. The summed E-state index contributed by atoms with van der Waals surface area (Å²) >= 11 is 6.04. The minimum Gasteiger partial charge on any atom is -0.508 e. The Kier molecular flexibility index (Phi) is 4.33. The van der Waals surface area contributed by atoms with Gasteiger partial charge in [-0.2, -0.15) is 0 Å². The normalized spacial score (nSPS) is 12.0. The van der Waals surface area contributed by atoms with Gasteiger partial charge in [-0.25, -0.2) is 0 Å². The predicted molar refractivity (Wildman–Crippen MR) is 83.0 cm³/mol. The van der Waals surface area contributed by atoms with Gasteiger partial charge in [-0.05, 0) is 31.5 Å². The summed E-state index contributed by atoms with van der Waals surface area (Å²) in [6.45, 7) is 3.77. The lowest BCUT2D eigenvalue weighted by atomic mass is 10.0. The molecule has 0 saturated heterocycles. The van der Waals surface area contributed by atoms with Gasteiger partial charge in [0.25, 0.3) is 5.69 Å². The second-order valence-electron chi connectivity index (χ2n) is 4.85. The molecule has 0 spiro atoms. The number of nitrogens with one attached hydrogen (secondary N) is 1. The number of aryl methyl sites for hydroxylation is 1. The Morgan fingerprint density at radius 3 is 2.57 bits per heavy atom. The van der Waals surface area contributed by atoms with Crippen molar-refractivity contribution in [1.82, 2.24) is 0 Å². The highest BCUT2D eigenvalue weighted by molar-refractivity contribution is 6.33. The number of benzene rings is 2. The first-order chi connectivity index (χ1) is 9.88.